The van der Waals surface area contributed by atoms with Crippen LogP contribution in [0.1, 0.15) is 78.1 Å². The quantitative estimate of drug-likeness (QED) is 0.509. The van der Waals surface area contributed by atoms with E-state index in [1.54, 1.807) is 23.5 Å². The van der Waals surface area contributed by atoms with Gasteiger partial charge in [0.15, 0.2) is 0 Å². The highest BCUT2D eigenvalue weighted by Crippen LogP contribution is 2.46. The molecule has 2 aromatic rings. The molecule has 35 heavy (non-hydrogen) atoms. The Labute approximate surface area is 209 Å². The lowest BCUT2D eigenvalue weighted by Gasteiger charge is -2.38. The van der Waals surface area contributed by atoms with Crippen LogP contribution >= 0.6 is 11.3 Å². The number of rotatable bonds is 5. The number of hydrogen-bond acceptors (Lipinski definition) is 7. The Hall–Kier alpha value is -3.06. The monoisotopic (exact) mass is 491 g/mol. The van der Waals surface area contributed by atoms with E-state index in [4.69, 9.17) is 14.5 Å². The van der Waals surface area contributed by atoms with Gasteiger partial charge >= 0.3 is 11.9 Å². The number of methoxy groups -OCH3 is 1. The average Bonchev–Trinajstić information content (AvgIpc) is 3.57. The van der Waals surface area contributed by atoms with Crippen molar-refractivity contribution in [2.45, 2.75) is 63.4 Å². The Morgan fingerprint density at radius 3 is 2.40 bits per heavy atom. The summed E-state index contributed by atoms with van der Waals surface area (Å²) in [6.07, 6.45) is 4.89. The van der Waals surface area contributed by atoms with E-state index in [9.17, 15) is 14.4 Å². The highest BCUT2D eigenvalue weighted by atomic mass is 32.1. The number of fused-ring (bicyclic) bond motifs is 1. The average molecular weight is 492 g/mol. The third-order valence-electron chi connectivity index (χ3n) is 7.39. The third kappa shape index (κ3) is 4.61. The van der Waals surface area contributed by atoms with Crippen molar-refractivity contribution in [3.63, 3.8) is 0 Å². The second-order valence-corrected chi connectivity index (χ2v) is 10.5. The lowest BCUT2D eigenvalue weighted by molar-refractivity contribution is -0.144. The minimum atomic E-state index is -0.509. The number of allylic oxidation sites excluding steroid dienone is 1. The van der Waals surface area contributed by atoms with E-state index >= 15 is 0 Å². The largest absolute Gasteiger partial charge is 0.465 e. The summed E-state index contributed by atoms with van der Waals surface area (Å²) < 4.78 is 10.7. The summed E-state index contributed by atoms with van der Waals surface area (Å²) in [7, 11) is 1.34. The molecule has 6 nitrogen and oxygen atoms in total. The summed E-state index contributed by atoms with van der Waals surface area (Å²) in [5, 5.41) is 2.03. The van der Waals surface area contributed by atoms with Gasteiger partial charge in [0.05, 0.1) is 24.2 Å². The predicted octanol–water partition coefficient (Wildman–Crippen LogP) is 5.60. The van der Waals surface area contributed by atoms with Crippen LogP contribution in [0, 0.1) is 5.92 Å². The van der Waals surface area contributed by atoms with Gasteiger partial charge in [-0.2, -0.15) is 0 Å². The van der Waals surface area contributed by atoms with Crippen molar-refractivity contribution in [3.8, 4) is 0 Å². The zero-order valence-electron chi connectivity index (χ0n) is 20.0. The van der Waals surface area contributed by atoms with Gasteiger partial charge in [-0.05, 0) is 68.2 Å². The lowest BCUT2D eigenvalue weighted by Crippen LogP contribution is -2.41. The Balaban J connectivity index is 1.54. The third-order valence-corrected chi connectivity index (χ3v) is 8.42. The number of carbonyl (C=O) groups excluding carboxylic acids is 3. The number of thiophene rings is 1. The minimum absolute atomic E-state index is 0.0826. The molecule has 0 spiro atoms. The van der Waals surface area contributed by atoms with Crippen molar-refractivity contribution >= 4 is 34.8 Å². The van der Waals surface area contributed by atoms with Crippen molar-refractivity contribution < 1.29 is 23.9 Å². The normalized spacial score (nSPS) is 24.7. The molecule has 2 heterocycles. The van der Waals surface area contributed by atoms with Crippen molar-refractivity contribution in [2.24, 2.45) is 10.9 Å². The molecule has 0 unspecified atom stereocenters. The Morgan fingerprint density at radius 2 is 1.74 bits per heavy atom. The topological polar surface area (TPSA) is 82.0 Å². The summed E-state index contributed by atoms with van der Waals surface area (Å²) in [5.41, 5.74) is 3.12. The number of ketones is 1. The van der Waals surface area contributed by atoms with Crippen LogP contribution in [0.15, 0.2) is 58.0 Å². The van der Waals surface area contributed by atoms with Crippen molar-refractivity contribution in [2.75, 3.05) is 7.11 Å². The van der Waals surface area contributed by atoms with Gasteiger partial charge in [-0.15, -0.1) is 11.3 Å². The molecule has 0 N–H and O–H groups in total. The minimum Gasteiger partial charge on any atom is -0.465 e. The molecule has 5 rings (SSSR count). The van der Waals surface area contributed by atoms with E-state index in [2.05, 4.69) is 6.07 Å². The molecule has 2 fully saturated rings. The summed E-state index contributed by atoms with van der Waals surface area (Å²) in [5.74, 6) is -1.60. The summed E-state index contributed by atoms with van der Waals surface area (Å²) >= 11 is 1.66. The van der Waals surface area contributed by atoms with E-state index in [1.165, 1.54) is 12.0 Å². The molecule has 0 amide bonds. The van der Waals surface area contributed by atoms with Crippen LogP contribution in [0.2, 0.25) is 0 Å². The Kier molecular flexibility index (Phi) is 6.69. The maximum Gasteiger partial charge on any atom is 0.337 e. The fourth-order valence-electron chi connectivity index (χ4n) is 5.69. The highest BCUT2D eigenvalue weighted by Gasteiger charge is 2.46. The molecule has 0 radical (unpaired) electrons. The van der Waals surface area contributed by atoms with Gasteiger partial charge in [0.1, 0.15) is 11.9 Å². The van der Waals surface area contributed by atoms with E-state index in [0.717, 1.165) is 37.0 Å². The van der Waals surface area contributed by atoms with E-state index in [-0.39, 0.29) is 23.8 Å². The molecular weight excluding hydrogens is 462 g/mol. The van der Waals surface area contributed by atoms with Crippen molar-refractivity contribution in [1.82, 2.24) is 0 Å². The molecule has 1 aromatic carbocycles. The van der Waals surface area contributed by atoms with E-state index in [1.807, 2.05) is 30.5 Å². The van der Waals surface area contributed by atoms with E-state index < -0.39 is 17.8 Å². The number of aliphatic imine (C=N–C) groups is 1. The summed E-state index contributed by atoms with van der Waals surface area (Å²) in [6.45, 7) is 1.84. The SMILES string of the molecule is COC(=O)c1ccc([C@H]2C(C(=O)OC3CCCC3)=C(C)N=C3C[C@@H](c4cccs4)CC(=O)[C@@H]32)cc1. The number of ether oxygens (including phenoxy) is 2. The van der Waals surface area contributed by atoms with Gasteiger partial charge in [0.2, 0.25) is 0 Å². The zero-order chi connectivity index (χ0) is 24.5. The van der Waals surface area contributed by atoms with Gasteiger partial charge in [0.25, 0.3) is 0 Å². The smallest absolute Gasteiger partial charge is 0.337 e. The molecular formula is C28H29NO5S. The van der Waals surface area contributed by atoms with Crippen LogP contribution in [0.4, 0.5) is 0 Å². The number of carbonyl (C=O) groups is 3. The van der Waals surface area contributed by atoms with Crippen molar-refractivity contribution in [1.29, 1.82) is 0 Å². The van der Waals surface area contributed by atoms with Gasteiger partial charge in [-0.3, -0.25) is 9.79 Å². The molecule has 1 aliphatic heterocycles. The first-order valence-corrected chi connectivity index (χ1v) is 13.1. The van der Waals surface area contributed by atoms with Gasteiger partial charge in [0, 0.05) is 34.5 Å². The molecule has 1 aromatic heterocycles. The number of benzene rings is 1. The highest BCUT2D eigenvalue weighted by molar-refractivity contribution is 7.10. The van der Waals surface area contributed by atoms with Crippen LogP contribution in [0.25, 0.3) is 0 Å². The molecule has 2 aliphatic carbocycles. The second-order valence-electron chi connectivity index (χ2n) is 9.57. The maximum absolute atomic E-state index is 13.6. The number of esters is 2. The standard InChI is InChI=1S/C28H29NO5S/c1-16-24(28(32)34-20-6-3-4-7-20)25(17-9-11-18(12-10-17)27(31)33-2)26-21(29-16)14-19(15-22(26)30)23-8-5-13-35-23/h5,8-13,19-20,25-26H,3-4,6-7,14-15H2,1-2H3/t19-,25+,26-/m1/s1. The molecule has 3 aliphatic rings. The van der Waals surface area contributed by atoms with Crippen LogP contribution in [-0.2, 0) is 19.1 Å². The molecule has 0 bridgehead atoms. The fraction of sp³-hybridized carbons (Fsp3) is 0.429. The van der Waals surface area contributed by atoms with Crippen LogP contribution in [-0.4, -0.2) is 36.6 Å². The molecule has 2 saturated carbocycles. The number of Topliss-reactive ketones (excluding diaryl/α,β-unsaturated/α-hetero) is 1. The van der Waals surface area contributed by atoms with Crippen molar-refractivity contribution in [3.05, 3.63) is 69.1 Å². The second kappa shape index (κ2) is 9.90. The van der Waals surface area contributed by atoms with E-state index in [0.29, 0.717) is 29.7 Å². The van der Waals surface area contributed by atoms with Gasteiger partial charge < -0.3 is 9.47 Å². The Morgan fingerprint density at radius 1 is 1.00 bits per heavy atom. The summed E-state index contributed by atoms with van der Waals surface area (Å²) in [4.78, 5) is 45.1. The first-order valence-electron chi connectivity index (χ1n) is 12.2. The molecule has 0 saturated heterocycles. The van der Waals surface area contributed by atoms with Crippen LogP contribution in [0.5, 0.6) is 0 Å². The zero-order valence-corrected chi connectivity index (χ0v) is 20.8. The maximum atomic E-state index is 13.6. The molecule has 7 heteroatoms. The van der Waals surface area contributed by atoms with Gasteiger partial charge in [-0.25, -0.2) is 9.59 Å². The summed E-state index contributed by atoms with van der Waals surface area (Å²) in [6, 6.07) is 11.1. The first-order chi connectivity index (χ1) is 17.0. The van der Waals surface area contributed by atoms with Crippen LogP contribution in [0.3, 0.4) is 0 Å². The first kappa shape index (κ1) is 23.7. The number of hydrogen-bond donors (Lipinski definition) is 0. The van der Waals surface area contributed by atoms with Gasteiger partial charge in [-0.1, -0.05) is 18.2 Å². The lowest BCUT2D eigenvalue weighted by atomic mass is 9.67. The molecule has 182 valence electrons. The molecule has 3 atom stereocenters. The number of nitrogens with zero attached hydrogens (tertiary/aromatic N) is 1. The fourth-order valence-corrected chi connectivity index (χ4v) is 6.52. The van der Waals surface area contributed by atoms with Crippen LogP contribution < -0.4 is 0 Å². The Bertz CT molecular complexity index is 1190. The predicted molar refractivity (Wildman–Crippen MR) is 134 cm³/mol.